The number of hydrogen-bond acceptors (Lipinski definition) is 5. The van der Waals surface area contributed by atoms with E-state index in [1.54, 1.807) is 20.3 Å². The molecule has 112 valence electrons. The van der Waals surface area contributed by atoms with Crippen LogP contribution in [0.5, 0.6) is 11.5 Å². The fraction of sp³-hybridized carbons (Fsp3) is 0.600. The molecule has 0 bridgehead atoms. The third kappa shape index (κ3) is 3.28. The highest BCUT2D eigenvalue weighted by atomic mass is 16.5. The fourth-order valence-corrected chi connectivity index (χ4v) is 2.72. The van der Waals surface area contributed by atoms with Gasteiger partial charge in [-0.3, -0.25) is 0 Å². The molecule has 1 aromatic rings. The van der Waals surface area contributed by atoms with Crippen LogP contribution in [-0.2, 0) is 0 Å². The number of ether oxygens (including phenoxy) is 2. The van der Waals surface area contributed by atoms with Gasteiger partial charge in [0.25, 0.3) is 0 Å². The average molecular weight is 280 g/mol. The lowest BCUT2D eigenvalue weighted by atomic mass is 9.86. The van der Waals surface area contributed by atoms with Gasteiger partial charge in [-0.15, -0.1) is 0 Å². The van der Waals surface area contributed by atoms with E-state index in [0.29, 0.717) is 17.2 Å². The van der Waals surface area contributed by atoms with E-state index in [2.05, 4.69) is 5.32 Å². The predicted molar refractivity (Wildman–Crippen MR) is 80.4 cm³/mol. The maximum atomic E-state index is 9.98. The number of aliphatic hydroxyl groups is 1. The van der Waals surface area contributed by atoms with Crippen LogP contribution in [0.1, 0.15) is 25.7 Å². The molecule has 1 saturated carbocycles. The van der Waals surface area contributed by atoms with Gasteiger partial charge in [-0.2, -0.15) is 0 Å². The summed E-state index contributed by atoms with van der Waals surface area (Å²) in [5.41, 5.74) is 7.45. The molecule has 5 nitrogen and oxygen atoms in total. The molecule has 0 amide bonds. The van der Waals surface area contributed by atoms with Crippen molar-refractivity contribution >= 4 is 11.4 Å². The maximum absolute atomic E-state index is 9.98. The van der Waals surface area contributed by atoms with E-state index < -0.39 is 0 Å². The summed E-state index contributed by atoms with van der Waals surface area (Å²) >= 11 is 0. The third-order valence-electron chi connectivity index (χ3n) is 3.98. The molecule has 5 heteroatoms. The Morgan fingerprint density at radius 2 is 1.85 bits per heavy atom. The van der Waals surface area contributed by atoms with Gasteiger partial charge >= 0.3 is 0 Å². The van der Waals surface area contributed by atoms with Crippen molar-refractivity contribution in [3.8, 4) is 11.5 Å². The zero-order chi connectivity index (χ0) is 14.5. The predicted octanol–water partition coefficient (Wildman–Crippen LogP) is 2.25. The van der Waals surface area contributed by atoms with Crippen LogP contribution in [0.4, 0.5) is 11.4 Å². The summed E-state index contributed by atoms with van der Waals surface area (Å²) in [6, 6.07) is 3.59. The first-order valence-corrected chi connectivity index (χ1v) is 7.09. The quantitative estimate of drug-likeness (QED) is 0.721. The molecule has 1 aliphatic rings. The number of benzene rings is 1. The summed E-state index contributed by atoms with van der Waals surface area (Å²) in [4.78, 5) is 0. The van der Waals surface area contributed by atoms with Gasteiger partial charge in [0.15, 0.2) is 11.5 Å². The molecular formula is C15H24N2O3. The standard InChI is InChI=1S/C15H24N2O3/c1-19-14-7-11(16)12(8-15(14)20-2)17-9-10-5-3-4-6-13(10)18/h7-8,10,13,17-18H,3-6,9,16H2,1-2H3. The maximum Gasteiger partial charge on any atom is 0.162 e. The van der Waals surface area contributed by atoms with Crippen molar-refractivity contribution in [1.82, 2.24) is 0 Å². The van der Waals surface area contributed by atoms with Gasteiger partial charge in [-0.05, 0) is 12.8 Å². The van der Waals surface area contributed by atoms with E-state index in [4.69, 9.17) is 15.2 Å². The summed E-state index contributed by atoms with van der Waals surface area (Å²) in [7, 11) is 3.19. The Morgan fingerprint density at radius 3 is 2.50 bits per heavy atom. The summed E-state index contributed by atoms with van der Waals surface area (Å²) in [5, 5.41) is 13.3. The van der Waals surface area contributed by atoms with Crippen molar-refractivity contribution in [2.45, 2.75) is 31.8 Å². The molecule has 4 N–H and O–H groups in total. The molecule has 1 aromatic carbocycles. The Balaban J connectivity index is 2.05. The molecule has 1 fully saturated rings. The monoisotopic (exact) mass is 280 g/mol. The van der Waals surface area contributed by atoms with Crippen LogP contribution in [0.15, 0.2) is 12.1 Å². The highest BCUT2D eigenvalue weighted by Crippen LogP contribution is 2.35. The van der Waals surface area contributed by atoms with Crippen LogP contribution in [0.2, 0.25) is 0 Å². The lowest BCUT2D eigenvalue weighted by Crippen LogP contribution is -2.30. The van der Waals surface area contributed by atoms with Crippen molar-refractivity contribution < 1.29 is 14.6 Å². The first-order chi connectivity index (χ1) is 9.65. The molecular weight excluding hydrogens is 256 g/mol. The summed E-state index contributed by atoms with van der Waals surface area (Å²) in [6.45, 7) is 0.723. The second-order valence-corrected chi connectivity index (χ2v) is 5.29. The topological polar surface area (TPSA) is 76.7 Å². The smallest absolute Gasteiger partial charge is 0.162 e. The number of nitrogen functional groups attached to an aromatic ring is 1. The molecule has 0 aliphatic heterocycles. The zero-order valence-electron chi connectivity index (χ0n) is 12.2. The molecule has 2 rings (SSSR count). The lowest BCUT2D eigenvalue weighted by Gasteiger charge is -2.28. The van der Waals surface area contributed by atoms with Gasteiger partial charge in [0.05, 0.1) is 31.7 Å². The van der Waals surface area contributed by atoms with Crippen LogP contribution in [-0.4, -0.2) is 32.0 Å². The molecule has 0 heterocycles. The third-order valence-corrected chi connectivity index (χ3v) is 3.98. The average Bonchev–Trinajstić information content (AvgIpc) is 2.47. The number of nitrogens with two attached hydrogens (primary N) is 1. The van der Waals surface area contributed by atoms with Gasteiger partial charge in [-0.1, -0.05) is 12.8 Å². The number of aliphatic hydroxyl groups excluding tert-OH is 1. The lowest BCUT2D eigenvalue weighted by molar-refractivity contribution is 0.0763. The summed E-state index contributed by atoms with van der Waals surface area (Å²) < 4.78 is 10.5. The number of anilines is 2. The molecule has 0 radical (unpaired) electrons. The second-order valence-electron chi connectivity index (χ2n) is 5.29. The Kier molecular flexibility index (Phi) is 4.95. The summed E-state index contributed by atoms with van der Waals surface area (Å²) in [6.07, 6.45) is 4.05. The van der Waals surface area contributed by atoms with Gasteiger partial charge in [0, 0.05) is 24.6 Å². The van der Waals surface area contributed by atoms with E-state index in [1.807, 2.05) is 6.07 Å². The Bertz CT molecular complexity index is 451. The Hall–Kier alpha value is -1.62. The molecule has 20 heavy (non-hydrogen) atoms. The molecule has 0 spiro atoms. The normalized spacial score (nSPS) is 22.4. The minimum atomic E-state index is -0.211. The molecule has 1 aliphatic carbocycles. The number of methoxy groups -OCH3 is 2. The van der Waals surface area contributed by atoms with Crippen LogP contribution in [0, 0.1) is 5.92 Å². The van der Waals surface area contributed by atoms with Gasteiger partial charge in [0.2, 0.25) is 0 Å². The number of nitrogens with one attached hydrogen (secondary N) is 1. The highest BCUT2D eigenvalue weighted by molar-refractivity contribution is 5.72. The Morgan fingerprint density at radius 1 is 1.20 bits per heavy atom. The van der Waals surface area contributed by atoms with Gasteiger partial charge < -0.3 is 25.6 Å². The van der Waals surface area contributed by atoms with Crippen molar-refractivity contribution in [2.75, 3.05) is 31.8 Å². The van der Waals surface area contributed by atoms with E-state index >= 15 is 0 Å². The van der Waals surface area contributed by atoms with Crippen LogP contribution in [0.25, 0.3) is 0 Å². The second kappa shape index (κ2) is 6.70. The van der Waals surface area contributed by atoms with E-state index in [-0.39, 0.29) is 12.0 Å². The van der Waals surface area contributed by atoms with Gasteiger partial charge in [-0.25, -0.2) is 0 Å². The van der Waals surface area contributed by atoms with Crippen LogP contribution < -0.4 is 20.5 Å². The van der Waals surface area contributed by atoms with E-state index in [1.165, 1.54) is 6.42 Å². The molecule has 2 unspecified atom stereocenters. The Labute approximate surface area is 120 Å². The first-order valence-electron chi connectivity index (χ1n) is 7.09. The number of rotatable bonds is 5. The van der Waals surface area contributed by atoms with E-state index in [0.717, 1.165) is 31.5 Å². The SMILES string of the molecule is COc1cc(N)c(NCC2CCCCC2O)cc1OC. The molecule has 2 atom stereocenters. The van der Waals surface area contributed by atoms with E-state index in [9.17, 15) is 5.11 Å². The first kappa shape index (κ1) is 14.8. The van der Waals surface area contributed by atoms with Crippen LogP contribution >= 0.6 is 0 Å². The van der Waals surface area contributed by atoms with Crippen molar-refractivity contribution in [1.29, 1.82) is 0 Å². The van der Waals surface area contributed by atoms with Crippen LogP contribution in [0.3, 0.4) is 0 Å². The fourth-order valence-electron chi connectivity index (χ4n) is 2.72. The minimum Gasteiger partial charge on any atom is -0.493 e. The number of hydrogen-bond donors (Lipinski definition) is 3. The van der Waals surface area contributed by atoms with Gasteiger partial charge in [0.1, 0.15) is 0 Å². The summed E-state index contributed by atoms with van der Waals surface area (Å²) in [5.74, 6) is 1.55. The zero-order valence-corrected chi connectivity index (χ0v) is 12.2. The highest BCUT2D eigenvalue weighted by Gasteiger charge is 2.23. The largest absolute Gasteiger partial charge is 0.493 e. The minimum absolute atomic E-state index is 0.211. The van der Waals surface area contributed by atoms with Crippen molar-refractivity contribution in [3.63, 3.8) is 0 Å². The van der Waals surface area contributed by atoms with Crippen molar-refractivity contribution in [3.05, 3.63) is 12.1 Å². The van der Waals surface area contributed by atoms with Crippen molar-refractivity contribution in [2.24, 2.45) is 5.92 Å². The molecule has 0 aromatic heterocycles. The molecule has 0 saturated heterocycles.